The quantitative estimate of drug-likeness (QED) is 0.492. The number of carbonyl (C=O) groups excluding carboxylic acids is 1. The van der Waals surface area contributed by atoms with Crippen LogP contribution in [0.3, 0.4) is 0 Å². The van der Waals surface area contributed by atoms with Crippen LogP contribution in [0.5, 0.6) is 0 Å². The lowest BCUT2D eigenvalue weighted by Gasteiger charge is -2.18. The number of nitrogens with one attached hydrogen (secondary N) is 1. The fraction of sp³-hybridized carbons (Fsp3) is 0.222. The molecule has 0 saturated carbocycles. The van der Waals surface area contributed by atoms with Crippen molar-refractivity contribution < 1.29 is 27.2 Å². The van der Waals surface area contributed by atoms with Crippen LogP contribution >= 0.6 is 0 Å². The Morgan fingerprint density at radius 3 is 2.31 bits per heavy atom. The van der Waals surface area contributed by atoms with Gasteiger partial charge < -0.3 is 10.2 Å². The Hall–Kier alpha value is -2.90. The Morgan fingerprint density at radius 1 is 1.12 bits per heavy atom. The average molecular weight is 368 g/mol. The molecular formula is C18H16F4N2O2. The zero-order chi connectivity index (χ0) is 19.3. The molecule has 0 aromatic heterocycles. The summed E-state index contributed by atoms with van der Waals surface area (Å²) >= 11 is 0. The Morgan fingerprint density at radius 2 is 1.73 bits per heavy atom. The van der Waals surface area contributed by atoms with Crippen LogP contribution in [0.15, 0.2) is 53.7 Å². The summed E-state index contributed by atoms with van der Waals surface area (Å²) in [4.78, 5) is 17.1. The molecule has 1 N–H and O–H groups in total. The number of halogens is 4. The van der Waals surface area contributed by atoms with E-state index < -0.39 is 35.1 Å². The molecule has 0 bridgehead atoms. The van der Waals surface area contributed by atoms with Gasteiger partial charge >= 0.3 is 6.18 Å². The number of oxime groups is 1. The monoisotopic (exact) mass is 368 g/mol. The highest BCUT2D eigenvalue weighted by molar-refractivity contribution is 6.07. The van der Waals surface area contributed by atoms with Gasteiger partial charge in [0.25, 0.3) is 5.91 Å². The third kappa shape index (κ3) is 4.59. The van der Waals surface area contributed by atoms with Crippen LogP contribution < -0.4 is 5.32 Å². The normalized spacial score (nSPS) is 13.2. The van der Waals surface area contributed by atoms with Gasteiger partial charge in [0.15, 0.2) is 0 Å². The van der Waals surface area contributed by atoms with Crippen molar-refractivity contribution in [1.82, 2.24) is 5.32 Å². The van der Waals surface area contributed by atoms with Crippen LogP contribution in [0.2, 0.25) is 0 Å². The number of hydrogen-bond acceptors (Lipinski definition) is 3. The molecular weight excluding hydrogens is 352 g/mol. The van der Waals surface area contributed by atoms with Crippen molar-refractivity contribution in [3.05, 3.63) is 71.0 Å². The van der Waals surface area contributed by atoms with Crippen molar-refractivity contribution in [2.75, 3.05) is 7.11 Å². The number of hydrogen-bond donors (Lipinski definition) is 1. The molecule has 1 atom stereocenters. The van der Waals surface area contributed by atoms with Gasteiger partial charge in [0.2, 0.25) is 0 Å². The van der Waals surface area contributed by atoms with Crippen LogP contribution in [0.25, 0.3) is 0 Å². The largest absolute Gasteiger partial charge is 0.417 e. The van der Waals surface area contributed by atoms with Gasteiger partial charge in [-0.1, -0.05) is 29.4 Å². The molecule has 0 spiro atoms. The van der Waals surface area contributed by atoms with E-state index in [0.29, 0.717) is 5.56 Å². The summed E-state index contributed by atoms with van der Waals surface area (Å²) in [5.74, 6) is -1.36. The molecule has 0 aliphatic carbocycles. The van der Waals surface area contributed by atoms with Crippen molar-refractivity contribution in [3.63, 3.8) is 0 Å². The Bertz CT molecular complexity index is 802. The van der Waals surface area contributed by atoms with E-state index in [1.165, 1.54) is 50.4 Å². The number of rotatable bonds is 5. The summed E-state index contributed by atoms with van der Waals surface area (Å²) in [7, 11) is 1.29. The van der Waals surface area contributed by atoms with Crippen LogP contribution in [0.1, 0.15) is 28.4 Å². The van der Waals surface area contributed by atoms with Crippen molar-refractivity contribution >= 4 is 11.6 Å². The van der Waals surface area contributed by atoms with E-state index in [1.54, 1.807) is 0 Å². The molecule has 1 amide bonds. The Kier molecular flexibility index (Phi) is 5.97. The molecule has 0 radical (unpaired) electrons. The first-order valence-corrected chi connectivity index (χ1v) is 7.58. The predicted octanol–water partition coefficient (Wildman–Crippen LogP) is 4.01. The second-order valence-electron chi connectivity index (χ2n) is 5.40. The summed E-state index contributed by atoms with van der Waals surface area (Å²) in [6, 6.07) is 8.97. The standard InChI is InChI=1S/C18H16F4N2O2/c1-11(16(24-26-2)12-7-9-13(19)10-8-12)23-17(25)14-5-3-4-6-15(14)18(20,21)22/h3-11H,1-2H3,(H,23,25)/b24-16-. The smallest absolute Gasteiger partial charge is 0.399 e. The van der Waals surface area contributed by atoms with Crippen molar-refractivity contribution in [2.24, 2.45) is 5.16 Å². The summed E-state index contributed by atoms with van der Waals surface area (Å²) < 4.78 is 52.3. The lowest BCUT2D eigenvalue weighted by Crippen LogP contribution is -2.39. The highest BCUT2D eigenvalue weighted by Crippen LogP contribution is 2.31. The minimum atomic E-state index is -4.66. The lowest BCUT2D eigenvalue weighted by molar-refractivity contribution is -0.137. The van der Waals surface area contributed by atoms with Gasteiger partial charge in [-0.05, 0) is 31.2 Å². The molecule has 0 fully saturated rings. The molecule has 26 heavy (non-hydrogen) atoms. The second-order valence-corrected chi connectivity index (χ2v) is 5.40. The first kappa shape index (κ1) is 19.4. The molecule has 1 unspecified atom stereocenters. The summed E-state index contributed by atoms with van der Waals surface area (Å²) in [5, 5.41) is 6.26. The van der Waals surface area contributed by atoms with Crippen LogP contribution in [0.4, 0.5) is 17.6 Å². The summed E-state index contributed by atoms with van der Waals surface area (Å²) in [6.07, 6.45) is -4.66. The minimum Gasteiger partial charge on any atom is -0.399 e. The molecule has 4 nitrogen and oxygen atoms in total. The van der Waals surface area contributed by atoms with E-state index in [9.17, 15) is 22.4 Å². The number of carbonyl (C=O) groups is 1. The van der Waals surface area contributed by atoms with Gasteiger partial charge in [-0.3, -0.25) is 4.79 Å². The van der Waals surface area contributed by atoms with Crippen molar-refractivity contribution in [1.29, 1.82) is 0 Å². The zero-order valence-corrected chi connectivity index (χ0v) is 14.0. The van der Waals surface area contributed by atoms with Crippen LogP contribution in [-0.2, 0) is 11.0 Å². The summed E-state index contributed by atoms with van der Waals surface area (Å²) in [5.41, 5.74) is -0.824. The van der Waals surface area contributed by atoms with Crippen molar-refractivity contribution in [2.45, 2.75) is 19.1 Å². The highest BCUT2D eigenvalue weighted by atomic mass is 19.4. The van der Waals surface area contributed by atoms with Gasteiger partial charge in [-0.2, -0.15) is 13.2 Å². The molecule has 0 aliphatic heterocycles. The van der Waals surface area contributed by atoms with Gasteiger partial charge in [0.05, 0.1) is 17.2 Å². The molecule has 138 valence electrons. The number of benzene rings is 2. The fourth-order valence-electron chi connectivity index (χ4n) is 2.37. The number of nitrogens with zero attached hydrogens (tertiary/aromatic N) is 1. The third-order valence-electron chi connectivity index (χ3n) is 3.56. The first-order valence-electron chi connectivity index (χ1n) is 7.58. The van der Waals surface area contributed by atoms with Gasteiger partial charge in [-0.25, -0.2) is 4.39 Å². The Labute approximate surface area is 147 Å². The van der Waals surface area contributed by atoms with Crippen LogP contribution in [-0.4, -0.2) is 24.8 Å². The van der Waals surface area contributed by atoms with E-state index in [0.717, 1.165) is 12.1 Å². The predicted molar refractivity (Wildman–Crippen MR) is 88.3 cm³/mol. The van der Waals surface area contributed by atoms with Gasteiger partial charge in [0.1, 0.15) is 18.6 Å². The van der Waals surface area contributed by atoms with Gasteiger partial charge in [-0.15, -0.1) is 0 Å². The lowest BCUT2D eigenvalue weighted by atomic mass is 10.0. The molecule has 0 aliphatic rings. The van der Waals surface area contributed by atoms with Gasteiger partial charge in [0, 0.05) is 5.56 Å². The first-order chi connectivity index (χ1) is 12.2. The molecule has 8 heteroatoms. The molecule has 0 saturated heterocycles. The molecule has 0 heterocycles. The van der Waals surface area contributed by atoms with Crippen LogP contribution in [0, 0.1) is 5.82 Å². The van der Waals surface area contributed by atoms with E-state index >= 15 is 0 Å². The van der Waals surface area contributed by atoms with Crippen molar-refractivity contribution in [3.8, 4) is 0 Å². The highest BCUT2D eigenvalue weighted by Gasteiger charge is 2.35. The Balaban J connectivity index is 2.28. The molecule has 2 aromatic carbocycles. The molecule has 2 aromatic rings. The average Bonchev–Trinajstić information content (AvgIpc) is 2.59. The van der Waals surface area contributed by atoms with E-state index in [-0.39, 0.29) is 5.71 Å². The minimum absolute atomic E-state index is 0.241. The zero-order valence-electron chi connectivity index (χ0n) is 14.0. The van der Waals surface area contributed by atoms with E-state index in [2.05, 4.69) is 10.5 Å². The topological polar surface area (TPSA) is 50.7 Å². The second kappa shape index (κ2) is 7.99. The van der Waals surface area contributed by atoms with E-state index in [1.807, 2.05) is 0 Å². The number of alkyl halides is 3. The fourth-order valence-corrected chi connectivity index (χ4v) is 2.37. The SMILES string of the molecule is CO/N=C(\c1ccc(F)cc1)C(C)NC(=O)c1ccccc1C(F)(F)F. The maximum atomic E-state index is 13.1. The molecule has 2 rings (SSSR count). The third-order valence-corrected chi connectivity index (χ3v) is 3.56. The maximum Gasteiger partial charge on any atom is 0.417 e. The van der Waals surface area contributed by atoms with E-state index in [4.69, 9.17) is 4.84 Å². The summed E-state index contributed by atoms with van der Waals surface area (Å²) in [6.45, 7) is 1.54. The number of amides is 1. The maximum absolute atomic E-state index is 13.1.